The number of rotatable bonds is 4. The molecule has 26 heavy (non-hydrogen) atoms. The first-order valence-corrected chi connectivity index (χ1v) is 9.90. The van der Waals surface area contributed by atoms with Crippen molar-refractivity contribution in [2.75, 3.05) is 6.54 Å². The maximum Gasteiger partial charge on any atom is 0.320 e. The average molecular weight is 366 g/mol. The number of carbonyl (C=O) groups is 1. The van der Waals surface area contributed by atoms with Crippen LogP contribution in [0.1, 0.15) is 41.3 Å². The zero-order valence-electron chi connectivity index (χ0n) is 14.8. The average Bonchev–Trinajstić information content (AvgIpc) is 3.08. The number of aliphatic carboxylic acids is 1. The molecule has 0 spiro atoms. The largest absolute Gasteiger partial charge is 0.480 e. The maximum atomic E-state index is 12.0. The molecule has 0 aliphatic carbocycles. The third-order valence-corrected chi connectivity index (χ3v) is 6.26. The zero-order valence-corrected chi connectivity index (χ0v) is 15.6. The first kappa shape index (κ1) is 17.2. The fourth-order valence-corrected chi connectivity index (χ4v) is 5.01. The van der Waals surface area contributed by atoms with Gasteiger partial charge in [-0.2, -0.15) is 0 Å². The lowest BCUT2D eigenvalue weighted by atomic mass is 9.93. The van der Waals surface area contributed by atoms with Crippen molar-refractivity contribution in [3.8, 4) is 0 Å². The Morgan fingerprint density at radius 2 is 2.15 bits per heavy atom. The fraction of sp³-hybridized carbons (Fsp3) is 0.333. The second-order valence-corrected chi connectivity index (χ2v) is 7.88. The minimum Gasteiger partial charge on any atom is -0.480 e. The molecule has 3 heterocycles. The van der Waals surface area contributed by atoms with E-state index in [1.165, 1.54) is 10.4 Å². The molecule has 1 aromatic carbocycles. The Balaban J connectivity index is 1.89. The molecule has 0 saturated carbocycles. The number of nitrogens with zero attached hydrogens (tertiary/aromatic N) is 2. The molecule has 0 amide bonds. The Morgan fingerprint density at radius 1 is 1.31 bits per heavy atom. The third kappa shape index (κ3) is 3.13. The quantitative estimate of drug-likeness (QED) is 0.731. The minimum atomic E-state index is -0.721. The summed E-state index contributed by atoms with van der Waals surface area (Å²) in [6.07, 6.45) is 4.55. The van der Waals surface area contributed by atoms with Gasteiger partial charge in [-0.3, -0.25) is 14.7 Å². The summed E-state index contributed by atoms with van der Waals surface area (Å²) in [5.41, 5.74) is 3.31. The first-order valence-electron chi connectivity index (χ1n) is 9.02. The van der Waals surface area contributed by atoms with E-state index in [-0.39, 0.29) is 6.04 Å². The standard InChI is InChI=1S/C21H22N2O2S/c1-14-12-19(26-13-14)20(23-11-5-4-8-18(23)21(24)25)16-9-10-22-17-7-3-2-6-15(16)17/h2-3,6-7,9-10,12-13,18,20H,4-5,8,11H2,1H3,(H,24,25). The lowest BCUT2D eigenvalue weighted by molar-refractivity contribution is -0.145. The van der Waals surface area contributed by atoms with Gasteiger partial charge in [0.2, 0.25) is 0 Å². The fourth-order valence-electron chi connectivity index (χ4n) is 3.98. The van der Waals surface area contributed by atoms with Crippen LogP contribution in [0.15, 0.2) is 48.0 Å². The number of benzene rings is 1. The Morgan fingerprint density at radius 3 is 2.92 bits per heavy atom. The number of aryl methyl sites for hydroxylation is 1. The molecule has 4 nitrogen and oxygen atoms in total. The molecule has 0 radical (unpaired) electrons. The monoisotopic (exact) mass is 366 g/mol. The molecule has 1 fully saturated rings. The van der Waals surface area contributed by atoms with Crippen molar-refractivity contribution < 1.29 is 9.90 Å². The van der Waals surface area contributed by atoms with Crippen LogP contribution in [0.4, 0.5) is 0 Å². The van der Waals surface area contributed by atoms with Crippen molar-refractivity contribution in [1.82, 2.24) is 9.88 Å². The molecule has 2 aromatic heterocycles. The van der Waals surface area contributed by atoms with Crippen LogP contribution < -0.4 is 0 Å². The van der Waals surface area contributed by atoms with Crippen molar-refractivity contribution in [2.24, 2.45) is 0 Å². The minimum absolute atomic E-state index is 0.0528. The van der Waals surface area contributed by atoms with Gasteiger partial charge in [-0.25, -0.2) is 0 Å². The molecule has 1 saturated heterocycles. The van der Waals surface area contributed by atoms with Gasteiger partial charge >= 0.3 is 5.97 Å². The van der Waals surface area contributed by atoms with Gasteiger partial charge in [-0.05, 0) is 61.0 Å². The number of hydrogen-bond donors (Lipinski definition) is 1. The topological polar surface area (TPSA) is 53.4 Å². The van der Waals surface area contributed by atoms with Crippen LogP contribution in [0.3, 0.4) is 0 Å². The van der Waals surface area contributed by atoms with Gasteiger partial charge in [0.05, 0.1) is 11.6 Å². The molecule has 134 valence electrons. The summed E-state index contributed by atoms with van der Waals surface area (Å²) in [6, 6.07) is 11.9. The summed E-state index contributed by atoms with van der Waals surface area (Å²) in [4.78, 5) is 19.8. The summed E-state index contributed by atoms with van der Waals surface area (Å²) >= 11 is 1.71. The van der Waals surface area contributed by atoms with Gasteiger partial charge in [0.15, 0.2) is 0 Å². The molecule has 2 unspecified atom stereocenters. The Kier molecular flexibility index (Phi) is 4.74. The van der Waals surface area contributed by atoms with Crippen LogP contribution in [-0.4, -0.2) is 33.5 Å². The van der Waals surface area contributed by atoms with E-state index in [4.69, 9.17) is 0 Å². The van der Waals surface area contributed by atoms with Gasteiger partial charge in [0.1, 0.15) is 6.04 Å². The number of para-hydroxylation sites is 1. The predicted octanol–water partition coefficient (Wildman–Crippen LogP) is 4.63. The highest BCUT2D eigenvalue weighted by Crippen LogP contribution is 2.39. The van der Waals surface area contributed by atoms with Crippen molar-refractivity contribution in [1.29, 1.82) is 0 Å². The van der Waals surface area contributed by atoms with Crippen molar-refractivity contribution in [3.63, 3.8) is 0 Å². The number of hydrogen-bond acceptors (Lipinski definition) is 4. The first-order chi connectivity index (χ1) is 12.6. The second kappa shape index (κ2) is 7.17. The molecule has 2 atom stereocenters. The number of piperidine rings is 1. The molecule has 0 bridgehead atoms. The van der Waals surface area contributed by atoms with E-state index in [0.29, 0.717) is 6.42 Å². The molecule has 4 rings (SSSR count). The highest BCUT2D eigenvalue weighted by molar-refractivity contribution is 7.10. The number of carboxylic acid groups (broad SMARTS) is 1. The van der Waals surface area contributed by atoms with Gasteiger partial charge < -0.3 is 5.11 Å². The zero-order chi connectivity index (χ0) is 18.1. The normalized spacial score (nSPS) is 19.5. The molecule has 1 aliphatic rings. The van der Waals surface area contributed by atoms with Crippen molar-refractivity contribution >= 4 is 28.2 Å². The summed E-state index contributed by atoms with van der Waals surface area (Å²) in [5.74, 6) is -0.721. The van der Waals surface area contributed by atoms with Gasteiger partial charge in [-0.1, -0.05) is 24.6 Å². The molecular weight excluding hydrogens is 344 g/mol. The number of likely N-dealkylation sites (tertiary alicyclic amines) is 1. The Bertz CT molecular complexity index is 931. The number of carboxylic acids is 1. The third-order valence-electron chi connectivity index (χ3n) is 5.16. The molecule has 1 aliphatic heterocycles. The van der Waals surface area contributed by atoms with E-state index in [9.17, 15) is 9.90 Å². The Hall–Kier alpha value is -2.24. The SMILES string of the molecule is Cc1csc(C(c2ccnc3ccccc23)N2CCCCC2C(=O)O)c1. The van der Waals surface area contributed by atoms with Crippen LogP contribution in [-0.2, 0) is 4.79 Å². The van der Waals surface area contributed by atoms with Crippen LogP contribution >= 0.6 is 11.3 Å². The second-order valence-electron chi connectivity index (χ2n) is 6.93. The van der Waals surface area contributed by atoms with Crippen LogP contribution in [0.2, 0.25) is 0 Å². The Labute approximate surface area is 157 Å². The van der Waals surface area contributed by atoms with Gasteiger partial charge in [0.25, 0.3) is 0 Å². The smallest absolute Gasteiger partial charge is 0.320 e. The lowest BCUT2D eigenvalue weighted by Crippen LogP contribution is -2.46. The van der Waals surface area contributed by atoms with E-state index >= 15 is 0 Å². The van der Waals surface area contributed by atoms with E-state index in [0.717, 1.165) is 35.9 Å². The molecular formula is C21H22N2O2S. The highest BCUT2D eigenvalue weighted by atomic mass is 32.1. The number of pyridine rings is 1. The van der Waals surface area contributed by atoms with E-state index in [1.807, 2.05) is 24.4 Å². The molecule has 5 heteroatoms. The maximum absolute atomic E-state index is 12.0. The summed E-state index contributed by atoms with van der Waals surface area (Å²) < 4.78 is 0. The number of thiophene rings is 1. The number of fused-ring (bicyclic) bond motifs is 1. The summed E-state index contributed by atoms with van der Waals surface area (Å²) in [5, 5.41) is 13.1. The van der Waals surface area contributed by atoms with Crippen LogP contribution in [0, 0.1) is 6.92 Å². The highest BCUT2D eigenvalue weighted by Gasteiger charge is 2.36. The van der Waals surface area contributed by atoms with Crippen LogP contribution in [0.5, 0.6) is 0 Å². The summed E-state index contributed by atoms with van der Waals surface area (Å²) in [6.45, 7) is 2.89. The van der Waals surface area contributed by atoms with Crippen molar-refractivity contribution in [3.05, 3.63) is 64.0 Å². The summed E-state index contributed by atoms with van der Waals surface area (Å²) in [7, 11) is 0. The lowest BCUT2D eigenvalue weighted by Gasteiger charge is -2.39. The predicted molar refractivity (Wildman–Crippen MR) is 105 cm³/mol. The van der Waals surface area contributed by atoms with E-state index in [1.54, 1.807) is 11.3 Å². The van der Waals surface area contributed by atoms with E-state index < -0.39 is 12.0 Å². The van der Waals surface area contributed by atoms with Crippen molar-refractivity contribution in [2.45, 2.75) is 38.3 Å². The van der Waals surface area contributed by atoms with E-state index in [2.05, 4.69) is 40.4 Å². The van der Waals surface area contributed by atoms with Crippen LogP contribution in [0.25, 0.3) is 10.9 Å². The number of aromatic nitrogens is 1. The van der Waals surface area contributed by atoms with Gasteiger partial charge in [-0.15, -0.1) is 11.3 Å². The molecule has 3 aromatic rings. The van der Waals surface area contributed by atoms with Gasteiger partial charge in [0, 0.05) is 16.5 Å². The molecule has 1 N–H and O–H groups in total.